The summed E-state index contributed by atoms with van der Waals surface area (Å²) in [4.78, 5) is 12.1. The molecule has 0 heterocycles. The molecule has 1 aromatic rings. The van der Waals surface area contributed by atoms with Crippen LogP contribution in [0.2, 0.25) is 0 Å². The summed E-state index contributed by atoms with van der Waals surface area (Å²) < 4.78 is 13.1. The molecule has 0 saturated carbocycles. The molecule has 1 rings (SSSR count). The van der Waals surface area contributed by atoms with E-state index in [1.807, 2.05) is 13.8 Å². The molecule has 0 unspecified atom stereocenters. The topological polar surface area (TPSA) is 43.1 Å². The lowest BCUT2D eigenvalue weighted by molar-refractivity contribution is 0.0829. The molecule has 0 aromatic heterocycles. The van der Waals surface area contributed by atoms with Crippen molar-refractivity contribution in [1.82, 2.24) is 0 Å². The Morgan fingerprint density at radius 1 is 1.44 bits per heavy atom. The van der Waals surface area contributed by atoms with Crippen molar-refractivity contribution in [2.75, 3.05) is 6.54 Å². The highest BCUT2D eigenvalue weighted by Crippen LogP contribution is 2.26. The molecule has 88 valence electrons. The Morgan fingerprint density at radius 2 is 2.06 bits per heavy atom. The molecule has 0 aliphatic heterocycles. The Morgan fingerprint density at radius 3 is 2.56 bits per heavy atom. The third-order valence-corrected chi connectivity index (χ3v) is 2.80. The largest absolute Gasteiger partial charge is 0.330 e. The zero-order valence-corrected chi connectivity index (χ0v) is 10.0. The summed E-state index contributed by atoms with van der Waals surface area (Å²) >= 11 is 0. The quantitative estimate of drug-likeness (QED) is 0.797. The van der Waals surface area contributed by atoms with Gasteiger partial charge in [-0.05, 0) is 43.7 Å². The van der Waals surface area contributed by atoms with Crippen molar-refractivity contribution >= 4 is 5.78 Å². The Balaban J connectivity index is 3.01. The Kier molecular flexibility index (Phi) is 3.81. The summed E-state index contributed by atoms with van der Waals surface area (Å²) in [5.74, 6) is -0.269. The maximum atomic E-state index is 13.1. The van der Waals surface area contributed by atoms with Gasteiger partial charge >= 0.3 is 0 Å². The minimum absolute atomic E-state index is 0.0149. The van der Waals surface area contributed by atoms with Crippen molar-refractivity contribution < 1.29 is 9.18 Å². The lowest BCUT2D eigenvalue weighted by Gasteiger charge is -2.22. The number of Topliss-reactive ketones (excluding diaryl/α,β-unsaturated/α-hetero) is 1. The average molecular weight is 223 g/mol. The minimum atomic E-state index is -0.487. The maximum Gasteiger partial charge on any atom is 0.168 e. The number of ketones is 1. The molecule has 0 amide bonds. The monoisotopic (exact) mass is 223 g/mol. The van der Waals surface area contributed by atoms with Gasteiger partial charge in [-0.3, -0.25) is 4.79 Å². The number of aryl methyl sites for hydroxylation is 1. The third-order valence-electron chi connectivity index (χ3n) is 2.80. The number of rotatable bonds is 4. The van der Waals surface area contributed by atoms with Crippen LogP contribution >= 0.6 is 0 Å². The fourth-order valence-corrected chi connectivity index (χ4v) is 1.65. The van der Waals surface area contributed by atoms with Crippen LogP contribution < -0.4 is 5.73 Å². The summed E-state index contributed by atoms with van der Waals surface area (Å²) in [7, 11) is 0. The van der Waals surface area contributed by atoms with Crippen LogP contribution in [0.4, 0.5) is 4.39 Å². The summed E-state index contributed by atoms with van der Waals surface area (Å²) in [5.41, 5.74) is 6.03. The van der Waals surface area contributed by atoms with Gasteiger partial charge in [-0.15, -0.1) is 0 Å². The van der Waals surface area contributed by atoms with E-state index in [1.165, 1.54) is 12.1 Å². The van der Waals surface area contributed by atoms with Gasteiger partial charge in [0.2, 0.25) is 0 Å². The first-order valence-electron chi connectivity index (χ1n) is 5.39. The van der Waals surface area contributed by atoms with Crippen molar-refractivity contribution in [1.29, 1.82) is 0 Å². The van der Waals surface area contributed by atoms with Gasteiger partial charge in [0.15, 0.2) is 5.78 Å². The number of nitrogens with two attached hydrogens (primary N) is 1. The van der Waals surface area contributed by atoms with Gasteiger partial charge in [0.05, 0.1) is 0 Å². The van der Waals surface area contributed by atoms with E-state index in [4.69, 9.17) is 5.73 Å². The molecule has 0 aliphatic carbocycles. The first kappa shape index (κ1) is 12.8. The molecule has 2 nitrogen and oxygen atoms in total. The van der Waals surface area contributed by atoms with Crippen LogP contribution in [0.15, 0.2) is 18.2 Å². The summed E-state index contributed by atoms with van der Waals surface area (Å²) in [6, 6.07) is 4.46. The fourth-order valence-electron chi connectivity index (χ4n) is 1.65. The maximum absolute atomic E-state index is 13.1. The number of benzene rings is 1. The van der Waals surface area contributed by atoms with Gasteiger partial charge in [0.1, 0.15) is 5.82 Å². The molecular weight excluding hydrogens is 205 g/mol. The molecule has 0 radical (unpaired) electrons. The van der Waals surface area contributed by atoms with Crippen LogP contribution in [0.1, 0.15) is 36.2 Å². The number of hydrogen-bond acceptors (Lipinski definition) is 2. The number of halogens is 1. The van der Waals surface area contributed by atoms with Gasteiger partial charge in [-0.2, -0.15) is 0 Å². The second-order valence-corrected chi connectivity index (χ2v) is 4.72. The van der Waals surface area contributed by atoms with Crippen LogP contribution in [-0.2, 0) is 0 Å². The van der Waals surface area contributed by atoms with Crippen molar-refractivity contribution in [2.24, 2.45) is 11.1 Å². The highest BCUT2D eigenvalue weighted by atomic mass is 19.1. The van der Waals surface area contributed by atoms with E-state index in [0.717, 1.165) is 0 Å². The molecule has 0 bridgehead atoms. The standard InChI is InChI=1S/C13H18FNO/c1-9-8-10(4-5-11(9)14)12(16)13(2,3)6-7-15/h4-5,8H,6-7,15H2,1-3H3. The lowest BCUT2D eigenvalue weighted by atomic mass is 9.81. The van der Waals surface area contributed by atoms with E-state index < -0.39 is 5.41 Å². The number of hydrogen-bond donors (Lipinski definition) is 1. The van der Waals surface area contributed by atoms with Gasteiger partial charge in [-0.1, -0.05) is 13.8 Å². The second kappa shape index (κ2) is 4.74. The fraction of sp³-hybridized carbons (Fsp3) is 0.462. The molecule has 16 heavy (non-hydrogen) atoms. The second-order valence-electron chi connectivity index (χ2n) is 4.72. The minimum Gasteiger partial charge on any atom is -0.330 e. The molecule has 1 aromatic carbocycles. The normalized spacial score (nSPS) is 11.6. The summed E-state index contributed by atoms with van der Waals surface area (Å²) in [6.07, 6.45) is 0.627. The predicted molar refractivity (Wildman–Crippen MR) is 62.9 cm³/mol. The van der Waals surface area contributed by atoms with Crippen LogP contribution in [0.25, 0.3) is 0 Å². The van der Waals surface area contributed by atoms with Crippen molar-refractivity contribution in [3.63, 3.8) is 0 Å². The van der Waals surface area contributed by atoms with Gasteiger partial charge in [0, 0.05) is 11.0 Å². The van der Waals surface area contributed by atoms with Gasteiger partial charge < -0.3 is 5.73 Å². The molecule has 2 N–H and O–H groups in total. The molecular formula is C13H18FNO. The summed E-state index contributed by atoms with van der Waals surface area (Å²) in [5, 5.41) is 0. The molecule has 0 fully saturated rings. The highest BCUT2D eigenvalue weighted by molar-refractivity contribution is 6.00. The van der Waals surface area contributed by atoms with Gasteiger partial charge in [-0.25, -0.2) is 4.39 Å². The zero-order valence-electron chi connectivity index (χ0n) is 10.0. The van der Waals surface area contributed by atoms with Crippen LogP contribution in [0, 0.1) is 18.2 Å². The molecule has 3 heteroatoms. The van der Waals surface area contributed by atoms with Gasteiger partial charge in [0.25, 0.3) is 0 Å². The molecule has 0 spiro atoms. The SMILES string of the molecule is Cc1cc(C(=O)C(C)(C)CCN)ccc1F. The van der Waals surface area contributed by atoms with Crippen molar-refractivity contribution in [2.45, 2.75) is 27.2 Å². The third kappa shape index (κ3) is 2.67. The summed E-state index contributed by atoms with van der Waals surface area (Å²) in [6.45, 7) is 5.85. The van der Waals surface area contributed by atoms with Crippen LogP contribution in [-0.4, -0.2) is 12.3 Å². The Hall–Kier alpha value is -1.22. The van der Waals surface area contributed by atoms with E-state index in [9.17, 15) is 9.18 Å². The molecule has 0 saturated heterocycles. The zero-order chi connectivity index (χ0) is 12.3. The van der Waals surface area contributed by atoms with E-state index in [1.54, 1.807) is 13.0 Å². The average Bonchev–Trinajstić information content (AvgIpc) is 2.21. The first-order valence-corrected chi connectivity index (χ1v) is 5.39. The Bertz CT molecular complexity index is 399. The van der Waals surface area contributed by atoms with E-state index >= 15 is 0 Å². The van der Waals surface area contributed by atoms with Crippen molar-refractivity contribution in [3.05, 3.63) is 35.1 Å². The van der Waals surface area contributed by atoms with Crippen LogP contribution in [0.3, 0.4) is 0 Å². The highest BCUT2D eigenvalue weighted by Gasteiger charge is 2.27. The first-order chi connectivity index (χ1) is 7.38. The van der Waals surface area contributed by atoms with Crippen LogP contribution in [0.5, 0.6) is 0 Å². The van der Waals surface area contributed by atoms with E-state index in [2.05, 4.69) is 0 Å². The predicted octanol–water partition coefficient (Wildman–Crippen LogP) is 2.69. The number of carbonyl (C=O) groups excluding carboxylic acids is 1. The number of carbonyl (C=O) groups is 1. The lowest BCUT2D eigenvalue weighted by Crippen LogP contribution is -2.27. The Labute approximate surface area is 95.7 Å². The molecule has 0 aliphatic rings. The smallest absolute Gasteiger partial charge is 0.168 e. The van der Waals surface area contributed by atoms with E-state index in [-0.39, 0.29) is 11.6 Å². The van der Waals surface area contributed by atoms with Crippen molar-refractivity contribution in [3.8, 4) is 0 Å². The van der Waals surface area contributed by atoms with E-state index in [0.29, 0.717) is 24.1 Å². The molecule has 0 atom stereocenters.